The van der Waals surface area contributed by atoms with Crippen LogP contribution in [0.25, 0.3) is 11.1 Å². The molecule has 0 spiro atoms. The summed E-state index contributed by atoms with van der Waals surface area (Å²) in [6.07, 6.45) is 3.72. The standard InChI is InChI=1S/C13H9.C10H17Si.C8H8.2ClH.Zr/c1-3-7-12-10(5-1)9-11-6-2-4-8-13(11)12;1-8-6-9(2)10(7-8)11(3,4)5;1-2-8-6-4-3-5-7-8;;;/h1-5,7-8H,9H2;7-8H,1-5H3;3-7H,1H3;2*1H;/q;;;;;+2/p-2. The van der Waals surface area contributed by atoms with Gasteiger partial charge in [-0.3, -0.25) is 0 Å². The molecule has 0 amide bonds. The quantitative estimate of drug-likeness (QED) is 0.314. The van der Waals surface area contributed by atoms with E-state index in [0.717, 1.165) is 6.42 Å². The molecule has 5 rings (SSSR count). The van der Waals surface area contributed by atoms with Gasteiger partial charge in [-0.15, -0.1) is 0 Å². The monoisotopic (exact) mass is 594 g/mol. The summed E-state index contributed by atoms with van der Waals surface area (Å²) in [5, 5.41) is 1.69. The van der Waals surface area contributed by atoms with Gasteiger partial charge < -0.3 is 24.8 Å². The van der Waals surface area contributed by atoms with Crippen molar-refractivity contribution >= 4 is 14.6 Å². The van der Waals surface area contributed by atoms with Crippen LogP contribution in [0.1, 0.15) is 37.5 Å². The van der Waals surface area contributed by atoms with E-state index in [1.54, 1.807) is 26.1 Å². The van der Waals surface area contributed by atoms with Crippen LogP contribution in [0.3, 0.4) is 0 Å². The van der Waals surface area contributed by atoms with Crippen molar-refractivity contribution in [1.29, 1.82) is 0 Å². The van der Waals surface area contributed by atoms with Gasteiger partial charge in [0.2, 0.25) is 0 Å². The molecule has 180 valence electrons. The summed E-state index contributed by atoms with van der Waals surface area (Å²) in [6.45, 7) is 14.9. The number of allylic oxidation sites excluding steroid dienone is 4. The van der Waals surface area contributed by atoms with Gasteiger partial charge in [0, 0.05) is 0 Å². The smallest absolute Gasteiger partial charge is 1.00 e. The van der Waals surface area contributed by atoms with Crippen LogP contribution in [-0.2, 0) is 27.7 Å². The second kappa shape index (κ2) is 11.0. The summed E-state index contributed by atoms with van der Waals surface area (Å²) < 4.78 is 5.16. The van der Waals surface area contributed by atoms with Gasteiger partial charge in [-0.25, -0.2) is 0 Å². The molecule has 0 saturated heterocycles. The molecule has 0 aliphatic heterocycles. The van der Waals surface area contributed by atoms with E-state index in [4.69, 9.17) is 0 Å². The number of benzene rings is 3. The molecule has 1 unspecified atom stereocenters. The van der Waals surface area contributed by atoms with Gasteiger partial charge in [0.05, 0.1) is 0 Å². The van der Waals surface area contributed by atoms with Crippen molar-refractivity contribution < 1.29 is 46.1 Å². The summed E-state index contributed by atoms with van der Waals surface area (Å²) in [5.41, 5.74) is 9.10. The minimum Gasteiger partial charge on any atom is -1.00 e. The first-order valence-corrected chi connectivity index (χ1v) is 19.4. The van der Waals surface area contributed by atoms with E-state index in [0.29, 0.717) is 5.92 Å². The summed E-state index contributed by atoms with van der Waals surface area (Å²) >= 11 is -2.39. The second-order valence-corrected chi connectivity index (χ2v) is 22.1. The van der Waals surface area contributed by atoms with Crippen LogP contribution in [0.2, 0.25) is 19.6 Å². The molecule has 3 aromatic carbocycles. The van der Waals surface area contributed by atoms with E-state index >= 15 is 0 Å². The molecule has 2 aliphatic rings. The number of hydrogen-bond donors (Lipinski definition) is 0. The normalized spacial score (nSPS) is 16.6. The first-order chi connectivity index (χ1) is 15.8. The number of rotatable bonds is 4. The number of fused-ring (bicyclic) bond motifs is 3. The first-order valence-electron chi connectivity index (χ1n) is 12.2. The van der Waals surface area contributed by atoms with Gasteiger partial charge in [0.25, 0.3) is 0 Å². The van der Waals surface area contributed by atoms with Crippen LogP contribution >= 0.6 is 0 Å². The van der Waals surface area contributed by atoms with E-state index in [9.17, 15) is 0 Å². The van der Waals surface area contributed by atoms with Crippen LogP contribution < -0.4 is 28.1 Å². The van der Waals surface area contributed by atoms with Crippen molar-refractivity contribution in [2.45, 2.75) is 46.8 Å². The molecule has 0 N–H and O–H groups in total. The molecule has 0 aromatic heterocycles. The van der Waals surface area contributed by atoms with Crippen molar-refractivity contribution in [3.63, 3.8) is 0 Å². The van der Waals surface area contributed by atoms with Gasteiger partial charge in [0.15, 0.2) is 0 Å². The summed E-state index contributed by atoms with van der Waals surface area (Å²) in [4.78, 5) is 0. The summed E-state index contributed by atoms with van der Waals surface area (Å²) in [6, 6.07) is 27.4. The van der Waals surface area contributed by atoms with Crippen molar-refractivity contribution in [2.24, 2.45) is 5.92 Å². The molecule has 0 radical (unpaired) electrons. The third-order valence-electron chi connectivity index (χ3n) is 7.46. The average Bonchev–Trinajstić information content (AvgIpc) is 3.33. The van der Waals surface area contributed by atoms with Crippen LogP contribution in [-0.4, -0.2) is 11.3 Å². The Bertz CT molecular complexity index is 1340. The van der Waals surface area contributed by atoms with E-state index in [2.05, 4.69) is 119 Å². The van der Waals surface area contributed by atoms with E-state index in [-0.39, 0.29) is 24.8 Å². The molecule has 4 heteroatoms. The zero-order valence-electron chi connectivity index (χ0n) is 21.5. The molecular formula is C31H34Cl2SiZr. The maximum absolute atomic E-state index is 2.63. The van der Waals surface area contributed by atoms with Crippen molar-refractivity contribution in [2.75, 3.05) is 0 Å². The van der Waals surface area contributed by atoms with Gasteiger partial charge in [-0.2, -0.15) is 0 Å². The van der Waals surface area contributed by atoms with Crippen molar-refractivity contribution in [1.82, 2.24) is 0 Å². The largest absolute Gasteiger partial charge is 1.00 e. The van der Waals surface area contributed by atoms with Crippen LogP contribution in [0.15, 0.2) is 92.9 Å². The molecule has 0 fully saturated rings. The Kier molecular flexibility index (Phi) is 8.86. The molecule has 0 bridgehead atoms. The third kappa shape index (κ3) is 5.10. The molecule has 0 saturated carbocycles. The zero-order valence-corrected chi connectivity index (χ0v) is 26.5. The zero-order chi connectivity index (χ0) is 23.3. The fourth-order valence-electron chi connectivity index (χ4n) is 5.95. The topological polar surface area (TPSA) is 0 Å². The van der Waals surface area contributed by atoms with Gasteiger partial charge in [-0.1, -0.05) is 0 Å². The van der Waals surface area contributed by atoms with E-state index in [1.165, 1.54) is 22.3 Å². The Hall–Kier alpha value is -1.31. The van der Waals surface area contributed by atoms with Crippen LogP contribution in [0, 0.1) is 5.92 Å². The Morgan fingerprint density at radius 3 is 2.11 bits per heavy atom. The average molecular weight is 597 g/mol. The first kappa shape index (κ1) is 28.3. The molecule has 35 heavy (non-hydrogen) atoms. The predicted molar refractivity (Wildman–Crippen MR) is 144 cm³/mol. The minimum atomic E-state index is -2.39. The minimum absolute atomic E-state index is 0. The molecule has 0 heterocycles. The van der Waals surface area contributed by atoms with Crippen molar-refractivity contribution in [3.05, 3.63) is 110 Å². The Morgan fingerprint density at radius 1 is 0.829 bits per heavy atom. The fourth-order valence-corrected chi connectivity index (χ4v) is 16.6. The molecule has 1 atom stereocenters. The van der Waals surface area contributed by atoms with Crippen molar-refractivity contribution in [3.8, 4) is 11.1 Å². The van der Waals surface area contributed by atoms with Crippen LogP contribution in [0.4, 0.5) is 0 Å². The number of halogens is 2. The van der Waals surface area contributed by atoms with E-state index in [1.807, 2.05) is 0 Å². The Balaban J connectivity index is 0.00000171. The molecular weight excluding hydrogens is 563 g/mol. The number of hydrogen-bond acceptors (Lipinski definition) is 0. The van der Waals surface area contributed by atoms with Gasteiger partial charge in [0.1, 0.15) is 0 Å². The van der Waals surface area contributed by atoms with E-state index < -0.39 is 29.3 Å². The Morgan fingerprint density at radius 2 is 1.46 bits per heavy atom. The Labute approximate surface area is 232 Å². The summed E-state index contributed by atoms with van der Waals surface area (Å²) in [7, 11) is -1.38. The third-order valence-corrected chi connectivity index (χ3v) is 18.0. The maximum atomic E-state index is 2.63. The second-order valence-electron chi connectivity index (χ2n) is 10.7. The maximum Gasteiger partial charge on any atom is -1.00 e. The molecule has 2 aliphatic carbocycles. The molecule has 3 aromatic rings. The van der Waals surface area contributed by atoms with Gasteiger partial charge >= 0.3 is 209 Å². The van der Waals surface area contributed by atoms with Gasteiger partial charge in [-0.05, 0) is 0 Å². The van der Waals surface area contributed by atoms with Crippen LogP contribution in [0.5, 0.6) is 0 Å². The predicted octanol–water partition coefficient (Wildman–Crippen LogP) is 1.48. The molecule has 0 nitrogen and oxygen atoms in total. The fraction of sp³-hybridized carbons (Fsp3) is 0.258. The SMILES string of the molecule is CC1=[C](/[Zr+2](=[C](\C)c2ccccc2)[c]2cccc3c2Cc2ccccc2-3)C(C)C=C1[Si](C)(C)C.[Cl-].[Cl-]. The summed E-state index contributed by atoms with van der Waals surface area (Å²) in [5.74, 6) is 0.555.